The second-order valence-electron chi connectivity index (χ2n) is 3.94. The number of hydrogen-bond acceptors (Lipinski definition) is 3. The van der Waals surface area contributed by atoms with Gasteiger partial charge in [0.05, 0.1) is 16.0 Å². The van der Waals surface area contributed by atoms with Gasteiger partial charge in [0.25, 0.3) is 5.69 Å². The lowest BCUT2D eigenvalue weighted by molar-refractivity contribution is -0.385. The average molecular weight is 216 g/mol. The van der Waals surface area contributed by atoms with E-state index in [0.29, 0.717) is 5.56 Å². The predicted molar refractivity (Wildman–Crippen MR) is 62.6 cm³/mol. The third kappa shape index (κ3) is 1.52. The van der Waals surface area contributed by atoms with Gasteiger partial charge >= 0.3 is 0 Å². The van der Waals surface area contributed by atoms with Crippen LogP contribution in [-0.2, 0) is 0 Å². The summed E-state index contributed by atoms with van der Waals surface area (Å²) in [7, 11) is 0. The minimum absolute atomic E-state index is 0.130. The van der Waals surface area contributed by atoms with Crippen molar-refractivity contribution in [3.63, 3.8) is 0 Å². The molecular weight excluding hydrogens is 204 g/mol. The zero-order valence-electron chi connectivity index (χ0n) is 9.44. The molecule has 4 heteroatoms. The average Bonchev–Trinajstić information content (AvgIpc) is 2.19. The molecule has 0 N–H and O–H groups in total. The van der Waals surface area contributed by atoms with Gasteiger partial charge in [-0.15, -0.1) is 0 Å². The molecule has 0 radical (unpaired) electrons. The fourth-order valence-corrected chi connectivity index (χ4v) is 1.95. The lowest BCUT2D eigenvalue weighted by Crippen LogP contribution is -1.96. The number of aryl methyl sites for hydroxylation is 3. The molecule has 0 spiro atoms. The monoisotopic (exact) mass is 216 g/mol. The first-order chi connectivity index (χ1) is 7.50. The van der Waals surface area contributed by atoms with Gasteiger partial charge in [0.2, 0.25) is 0 Å². The van der Waals surface area contributed by atoms with Gasteiger partial charge in [-0.3, -0.25) is 15.1 Å². The molecule has 0 amide bonds. The molecule has 16 heavy (non-hydrogen) atoms. The van der Waals surface area contributed by atoms with E-state index in [1.807, 2.05) is 19.9 Å². The van der Waals surface area contributed by atoms with E-state index in [1.54, 1.807) is 19.1 Å². The Hall–Kier alpha value is -1.97. The molecule has 0 aliphatic heterocycles. The summed E-state index contributed by atoms with van der Waals surface area (Å²) >= 11 is 0. The molecular formula is C12H12N2O2. The Labute approximate surface area is 93.1 Å². The highest BCUT2D eigenvalue weighted by atomic mass is 16.6. The summed E-state index contributed by atoms with van der Waals surface area (Å²) in [5, 5.41) is 11.8. The normalized spacial score (nSPS) is 10.7. The van der Waals surface area contributed by atoms with Crippen molar-refractivity contribution >= 4 is 16.6 Å². The van der Waals surface area contributed by atoms with Gasteiger partial charge in [0.15, 0.2) is 0 Å². The molecule has 0 saturated heterocycles. The van der Waals surface area contributed by atoms with Gasteiger partial charge in [-0.05, 0) is 38.5 Å². The highest BCUT2D eigenvalue weighted by molar-refractivity contribution is 5.87. The molecule has 1 heterocycles. The van der Waals surface area contributed by atoms with Crippen LogP contribution in [0, 0.1) is 30.9 Å². The van der Waals surface area contributed by atoms with E-state index in [1.165, 1.54) is 0 Å². The number of rotatable bonds is 1. The summed E-state index contributed by atoms with van der Waals surface area (Å²) in [6.45, 7) is 5.62. The lowest BCUT2D eigenvalue weighted by Gasteiger charge is -2.06. The van der Waals surface area contributed by atoms with E-state index in [9.17, 15) is 10.1 Å². The Morgan fingerprint density at radius 2 is 1.94 bits per heavy atom. The minimum atomic E-state index is -0.367. The number of nitro groups is 1. The number of nitro benzene ring substituents is 1. The summed E-state index contributed by atoms with van der Waals surface area (Å²) in [6, 6.07) is 5.29. The molecule has 0 unspecified atom stereocenters. The molecule has 0 fully saturated rings. The molecule has 0 aliphatic rings. The highest BCUT2D eigenvalue weighted by Gasteiger charge is 2.14. The molecule has 1 aromatic carbocycles. The van der Waals surface area contributed by atoms with Gasteiger partial charge in [0.1, 0.15) is 0 Å². The van der Waals surface area contributed by atoms with Crippen molar-refractivity contribution in [2.24, 2.45) is 0 Å². The molecule has 2 aromatic rings. The number of nitrogens with zero attached hydrogens (tertiary/aromatic N) is 2. The van der Waals surface area contributed by atoms with Crippen LogP contribution in [0.1, 0.15) is 16.8 Å². The maximum Gasteiger partial charge on any atom is 0.274 e. The molecule has 82 valence electrons. The first-order valence-corrected chi connectivity index (χ1v) is 5.02. The predicted octanol–water partition coefficient (Wildman–Crippen LogP) is 3.07. The Morgan fingerprint density at radius 3 is 2.56 bits per heavy atom. The largest absolute Gasteiger partial charge is 0.274 e. The van der Waals surface area contributed by atoms with Crippen LogP contribution in [0.15, 0.2) is 18.2 Å². The van der Waals surface area contributed by atoms with Crippen molar-refractivity contribution in [2.45, 2.75) is 20.8 Å². The molecule has 2 rings (SSSR count). The standard InChI is InChI=1S/C12H12N2O2/c1-7-6-8(2)13-12-9(3)11(14(15)16)5-4-10(7)12/h4-6H,1-3H3. The van der Waals surface area contributed by atoms with Crippen molar-refractivity contribution in [3.05, 3.63) is 45.1 Å². The zero-order chi connectivity index (χ0) is 11.9. The first kappa shape index (κ1) is 10.5. The lowest BCUT2D eigenvalue weighted by atomic mass is 10.0. The fourth-order valence-electron chi connectivity index (χ4n) is 1.95. The Morgan fingerprint density at radius 1 is 1.25 bits per heavy atom. The number of aromatic nitrogens is 1. The topological polar surface area (TPSA) is 56.0 Å². The first-order valence-electron chi connectivity index (χ1n) is 5.02. The van der Waals surface area contributed by atoms with Crippen molar-refractivity contribution in [1.82, 2.24) is 4.98 Å². The molecule has 0 aliphatic carbocycles. The van der Waals surface area contributed by atoms with E-state index < -0.39 is 0 Å². The smallest absolute Gasteiger partial charge is 0.258 e. The van der Waals surface area contributed by atoms with Gasteiger partial charge in [-0.1, -0.05) is 0 Å². The van der Waals surface area contributed by atoms with Crippen LogP contribution in [0.4, 0.5) is 5.69 Å². The van der Waals surface area contributed by atoms with Crippen LogP contribution >= 0.6 is 0 Å². The molecule has 0 atom stereocenters. The maximum atomic E-state index is 10.8. The Kier molecular flexibility index (Phi) is 2.34. The van der Waals surface area contributed by atoms with Crippen molar-refractivity contribution in [2.75, 3.05) is 0 Å². The summed E-state index contributed by atoms with van der Waals surface area (Å²) < 4.78 is 0. The summed E-state index contributed by atoms with van der Waals surface area (Å²) in [5.74, 6) is 0. The van der Waals surface area contributed by atoms with E-state index in [2.05, 4.69) is 4.98 Å². The summed E-state index contributed by atoms with van der Waals surface area (Å²) in [4.78, 5) is 14.8. The summed E-state index contributed by atoms with van der Waals surface area (Å²) in [6.07, 6.45) is 0. The third-order valence-corrected chi connectivity index (χ3v) is 2.74. The number of benzene rings is 1. The van der Waals surface area contributed by atoms with Crippen molar-refractivity contribution < 1.29 is 4.92 Å². The van der Waals surface area contributed by atoms with Crippen LogP contribution < -0.4 is 0 Å². The minimum Gasteiger partial charge on any atom is -0.258 e. The van der Waals surface area contributed by atoms with Gasteiger partial charge in [-0.25, -0.2) is 0 Å². The van der Waals surface area contributed by atoms with Crippen LogP contribution in [0.25, 0.3) is 10.9 Å². The Balaban J connectivity index is 2.89. The third-order valence-electron chi connectivity index (χ3n) is 2.74. The molecule has 0 bridgehead atoms. The molecule has 0 saturated carbocycles. The van der Waals surface area contributed by atoms with Gasteiger partial charge in [0, 0.05) is 17.1 Å². The van der Waals surface area contributed by atoms with Crippen molar-refractivity contribution in [1.29, 1.82) is 0 Å². The van der Waals surface area contributed by atoms with Crippen LogP contribution in [-0.4, -0.2) is 9.91 Å². The van der Waals surface area contributed by atoms with Crippen molar-refractivity contribution in [3.8, 4) is 0 Å². The second-order valence-corrected chi connectivity index (χ2v) is 3.94. The SMILES string of the molecule is Cc1cc(C)c2ccc([N+](=O)[O-])c(C)c2n1. The zero-order valence-corrected chi connectivity index (χ0v) is 9.44. The van der Waals surface area contributed by atoms with E-state index in [-0.39, 0.29) is 10.6 Å². The Bertz CT molecular complexity index is 591. The van der Waals surface area contributed by atoms with E-state index in [0.717, 1.165) is 22.2 Å². The van der Waals surface area contributed by atoms with Gasteiger partial charge < -0.3 is 0 Å². The number of hydrogen-bond donors (Lipinski definition) is 0. The van der Waals surface area contributed by atoms with Gasteiger partial charge in [-0.2, -0.15) is 0 Å². The molecule has 1 aromatic heterocycles. The second kappa shape index (κ2) is 3.56. The quantitative estimate of drug-likeness (QED) is 0.543. The van der Waals surface area contributed by atoms with E-state index in [4.69, 9.17) is 0 Å². The number of fused-ring (bicyclic) bond motifs is 1. The summed E-state index contributed by atoms with van der Waals surface area (Å²) in [5.41, 5.74) is 3.47. The van der Waals surface area contributed by atoms with Crippen LogP contribution in [0.3, 0.4) is 0 Å². The maximum absolute atomic E-state index is 10.8. The van der Waals surface area contributed by atoms with Crippen LogP contribution in [0.5, 0.6) is 0 Å². The van der Waals surface area contributed by atoms with Crippen LogP contribution in [0.2, 0.25) is 0 Å². The van der Waals surface area contributed by atoms with E-state index >= 15 is 0 Å². The molecule has 4 nitrogen and oxygen atoms in total. The fraction of sp³-hybridized carbons (Fsp3) is 0.250. The highest BCUT2D eigenvalue weighted by Crippen LogP contribution is 2.27. The number of pyridine rings is 1.